The first-order valence-electron chi connectivity index (χ1n) is 7.45. The van der Waals surface area contributed by atoms with Gasteiger partial charge >= 0.3 is 0 Å². The van der Waals surface area contributed by atoms with Gasteiger partial charge < -0.3 is 15.4 Å². The molecule has 0 saturated carbocycles. The van der Waals surface area contributed by atoms with E-state index in [1.54, 1.807) is 55.6 Å². The van der Waals surface area contributed by atoms with Crippen LogP contribution in [0.15, 0.2) is 54.6 Å². The van der Waals surface area contributed by atoms with Crippen LogP contribution < -0.4 is 10.6 Å². The second-order valence-electron chi connectivity index (χ2n) is 4.97. The number of hydrogen-bond acceptors (Lipinski definition) is 3. The van der Waals surface area contributed by atoms with Gasteiger partial charge in [-0.05, 0) is 30.7 Å². The van der Waals surface area contributed by atoms with Crippen molar-refractivity contribution in [2.24, 2.45) is 0 Å². The molecule has 0 aliphatic carbocycles. The minimum absolute atomic E-state index is 0.218. The maximum absolute atomic E-state index is 12.2. The number of hydrogen-bond donors (Lipinski definition) is 2. The zero-order chi connectivity index (χ0) is 16.5. The molecule has 2 N–H and O–H groups in total. The molecule has 0 atom stereocenters. The molecule has 5 nitrogen and oxygen atoms in total. The predicted molar refractivity (Wildman–Crippen MR) is 89.7 cm³/mol. The molecule has 0 aliphatic heterocycles. The fraction of sp³-hybridized carbons (Fsp3) is 0.222. The summed E-state index contributed by atoms with van der Waals surface area (Å²) in [5, 5.41) is 5.60. The number of anilines is 1. The molecule has 2 rings (SSSR count). The minimum atomic E-state index is -0.245. The molecule has 0 radical (unpaired) electrons. The van der Waals surface area contributed by atoms with Crippen LogP contribution >= 0.6 is 0 Å². The number of rotatable bonds is 7. The van der Waals surface area contributed by atoms with E-state index >= 15 is 0 Å². The number of methoxy groups -OCH3 is 1. The summed E-state index contributed by atoms with van der Waals surface area (Å²) in [5.74, 6) is -0.463. The number of nitrogens with one attached hydrogen (secondary N) is 2. The lowest BCUT2D eigenvalue weighted by atomic mass is 10.1. The van der Waals surface area contributed by atoms with Gasteiger partial charge in [-0.15, -0.1) is 0 Å². The summed E-state index contributed by atoms with van der Waals surface area (Å²) in [6, 6.07) is 15.8. The van der Waals surface area contributed by atoms with Crippen molar-refractivity contribution in [3.8, 4) is 0 Å². The molecule has 0 unspecified atom stereocenters. The van der Waals surface area contributed by atoms with Crippen molar-refractivity contribution < 1.29 is 14.3 Å². The van der Waals surface area contributed by atoms with Crippen LogP contribution in [-0.4, -0.2) is 32.1 Å². The largest absolute Gasteiger partial charge is 0.385 e. The first-order chi connectivity index (χ1) is 11.2. The van der Waals surface area contributed by atoms with E-state index < -0.39 is 0 Å². The number of amides is 2. The molecule has 0 aromatic heterocycles. The maximum atomic E-state index is 12.2. The lowest BCUT2D eigenvalue weighted by Gasteiger charge is -2.11. The molecule has 0 spiro atoms. The van der Waals surface area contributed by atoms with Gasteiger partial charge in [0.25, 0.3) is 11.8 Å². The van der Waals surface area contributed by atoms with Crippen molar-refractivity contribution in [2.45, 2.75) is 6.42 Å². The normalized spacial score (nSPS) is 10.1. The zero-order valence-electron chi connectivity index (χ0n) is 13.0. The van der Waals surface area contributed by atoms with Gasteiger partial charge in [-0.3, -0.25) is 9.59 Å². The SMILES string of the molecule is COCCCNC(=O)c1ccccc1NC(=O)c1ccccc1. The van der Waals surface area contributed by atoms with Gasteiger partial charge in [0, 0.05) is 25.8 Å². The van der Waals surface area contributed by atoms with Gasteiger partial charge in [-0.2, -0.15) is 0 Å². The first kappa shape index (κ1) is 16.7. The van der Waals surface area contributed by atoms with E-state index in [-0.39, 0.29) is 11.8 Å². The van der Waals surface area contributed by atoms with E-state index in [1.807, 2.05) is 6.07 Å². The Morgan fingerprint density at radius 1 is 0.957 bits per heavy atom. The lowest BCUT2D eigenvalue weighted by molar-refractivity contribution is 0.0949. The Balaban J connectivity index is 2.05. The highest BCUT2D eigenvalue weighted by Crippen LogP contribution is 2.16. The summed E-state index contributed by atoms with van der Waals surface area (Å²) in [6.07, 6.45) is 0.737. The van der Waals surface area contributed by atoms with Crippen LogP contribution in [0.5, 0.6) is 0 Å². The third kappa shape index (κ3) is 4.93. The second kappa shape index (κ2) is 8.70. The van der Waals surface area contributed by atoms with E-state index in [2.05, 4.69) is 10.6 Å². The van der Waals surface area contributed by atoms with E-state index in [1.165, 1.54) is 0 Å². The zero-order valence-corrected chi connectivity index (χ0v) is 13.0. The molecule has 0 saturated heterocycles. The number of ether oxygens (including phenoxy) is 1. The average molecular weight is 312 g/mol. The summed E-state index contributed by atoms with van der Waals surface area (Å²) in [6.45, 7) is 1.11. The standard InChI is InChI=1S/C18H20N2O3/c1-23-13-7-12-19-18(22)15-10-5-6-11-16(15)20-17(21)14-8-3-2-4-9-14/h2-6,8-11H,7,12-13H2,1H3,(H,19,22)(H,20,21). The maximum Gasteiger partial charge on any atom is 0.255 e. The Morgan fingerprint density at radius 2 is 1.65 bits per heavy atom. The molecule has 0 heterocycles. The summed E-state index contributed by atoms with van der Waals surface area (Å²) < 4.78 is 4.95. The molecule has 0 aliphatic rings. The number of carbonyl (C=O) groups is 2. The quantitative estimate of drug-likeness (QED) is 0.773. The Kier molecular flexibility index (Phi) is 6.32. The number of carbonyl (C=O) groups excluding carboxylic acids is 2. The Hall–Kier alpha value is -2.66. The Bertz CT molecular complexity index is 656. The van der Waals surface area contributed by atoms with Crippen LogP contribution in [0, 0.1) is 0 Å². The van der Waals surface area contributed by atoms with Crippen LogP contribution in [-0.2, 0) is 4.74 Å². The van der Waals surface area contributed by atoms with E-state index in [0.717, 1.165) is 6.42 Å². The molecule has 2 aromatic rings. The van der Waals surface area contributed by atoms with Crippen molar-refractivity contribution in [1.82, 2.24) is 5.32 Å². The fourth-order valence-electron chi connectivity index (χ4n) is 2.09. The summed E-state index contributed by atoms with van der Waals surface area (Å²) in [7, 11) is 1.62. The van der Waals surface area contributed by atoms with Gasteiger partial charge in [0.1, 0.15) is 0 Å². The molecule has 5 heteroatoms. The van der Waals surface area contributed by atoms with Crippen LogP contribution in [0.3, 0.4) is 0 Å². The minimum Gasteiger partial charge on any atom is -0.385 e. The molecular weight excluding hydrogens is 292 g/mol. The second-order valence-corrected chi connectivity index (χ2v) is 4.97. The van der Waals surface area contributed by atoms with Crippen molar-refractivity contribution in [3.63, 3.8) is 0 Å². The molecular formula is C18H20N2O3. The highest BCUT2D eigenvalue weighted by atomic mass is 16.5. The summed E-state index contributed by atoms with van der Waals surface area (Å²) in [4.78, 5) is 24.5. The highest BCUT2D eigenvalue weighted by Gasteiger charge is 2.13. The third-order valence-electron chi connectivity index (χ3n) is 3.27. The van der Waals surface area contributed by atoms with Crippen molar-refractivity contribution in [1.29, 1.82) is 0 Å². The molecule has 0 fully saturated rings. The summed E-state index contributed by atoms with van der Waals surface area (Å²) >= 11 is 0. The number of para-hydroxylation sites is 1. The van der Waals surface area contributed by atoms with E-state index in [9.17, 15) is 9.59 Å². The molecule has 120 valence electrons. The van der Waals surface area contributed by atoms with Crippen LogP contribution in [0.1, 0.15) is 27.1 Å². The average Bonchev–Trinajstić information content (AvgIpc) is 2.60. The molecule has 23 heavy (non-hydrogen) atoms. The van der Waals surface area contributed by atoms with Crippen LogP contribution in [0.25, 0.3) is 0 Å². The first-order valence-corrected chi connectivity index (χ1v) is 7.45. The van der Waals surface area contributed by atoms with E-state index in [4.69, 9.17) is 4.74 Å². The van der Waals surface area contributed by atoms with Crippen LogP contribution in [0.4, 0.5) is 5.69 Å². The highest BCUT2D eigenvalue weighted by molar-refractivity contribution is 6.08. The monoisotopic (exact) mass is 312 g/mol. The number of benzene rings is 2. The van der Waals surface area contributed by atoms with Gasteiger partial charge in [0.05, 0.1) is 11.3 Å². The van der Waals surface area contributed by atoms with Gasteiger partial charge in [0.15, 0.2) is 0 Å². The van der Waals surface area contributed by atoms with Crippen molar-refractivity contribution in [3.05, 3.63) is 65.7 Å². The molecule has 2 aromatic carbocycles. The lowest BCUT2D eigenvalue weighted by Crippen LogP contribution is -2.26. The third-order valence-corrected chi connectivity index (χ3v) is 3.27. The van der Waals surface area contributed by atoms with E-state index in [0.29, 0.717) is 30.0 Å². The topological polar surface area (TPSA) is 67.4 Å². The van der Waals surface area contributed by atoms with Gasteiger partial charge in [0.2, 0.25) is 0 Å². The van der Waals surface area contributed by atoms with Gasteiger partial charge in [-0.1, -0.05) is 30.3 Å². The predicted octanol–water partition coefficient (Wildman–Crippen LogP) is 2.71. The summed E-state index contributed by atoms with van der Waals surface area (Å²) in [5.41, 5.74) is 1.47. The molecule has 0 bridgehead atoms. The van der Waals surface area contributed by atoms with Gasteiger partial charge in [-0.25, -0.2) is 0 Å². The van der Waals surface area contributed by atoms with Crippen molar-refractivity contribution in [2.75, 3.05) is 25.6 Å². The van der Waals surface area contributed by atoms with Crippen molar-refractivity contribution >= 4 is 17.5 Å². The Labute approximate surface area is 135 Å². The molecule has 2 amide bonds. The smallest absolute Gasteiger partial charge is 0.255 e. The Morgan fingerprint density at radius 3 is 2.39 bits per heavy atom. The van der Waals surface area contributed by atoms with Crippen LogP contribution in [0.2, 0.25) is 0 Å². The fourth-order valence-corrected chi connectivity index (χ4v) is 2.09.